The van der Waals surface area contributed by atoms with E-state index in [0.29, 0.717) is 6.42 Å². The van der Waals surface area contributed by atoms with E-state index in [4.69, 9.17) is 0 Å². The largest absolute Gasteiger partial charge is 0.312 e. The number of anilines is 1. The lowest BCUT2D eigenvalue weighted by atomic mass is 10.1. The fraction of sp³-hybridized carbons (Fsp3) is 0.312. The minimum atomic E-state index is 0.267. The zero-order valence-electron chi connectivity index (χ0n) is 10.4. The van der Waals surface area contributed by atoms with Gasteiger partial charge in [-0.15, -0.1) is 0 Å². The fourth-order valence-corrected chi connectivity index (χ4v) is 2.68. The second kappa shape index (κ2) is 4.81. The molecule has 0 bridgehead atoms. The SMILES string of the molecule is O=C1CCCCCN1c1cccc2ccccc12. The molecule has 1 amide bonds. The van der Waals surface area contributed by atoms with Crippen LogP contribution in [0.4, 0.5) is 5.69 Å². The molecule has 2 aromatic carbocycles. The number of benzene rings is 2. The zero-order valence-corrected chi connectivity index (χ0v) is 10.4. The van der Waals surface area contributed by atoms with Crippen LogP contribution >= 0.6 is 0 Å². The van der Waals surface area contributed by atoms with Gasteiger partial charge in [0, 0.05) is 18.4 Å². The molecule has 92 valence electrons. The van der Waals surface area contributed by atoms with Crippen LogP contribution in [0.3, 0.4) is 0 Å². The predicted octanol–water partition coefficient (Wildman–Crippen LogP) is 3.75. The summed E-state index contributed by atoms with van der Waals surface area (Å²) in [6.07, 6.45) is 3.98. The van der Waals surface area contributed by atoms with Gasteiger partial charge >= 0.3 is 0 Å². The normalized spacial score (nSPS) is 16.9. The predicted molar refractivity (Wildman–Crippen MR) is 74.8 cm³/mol. The van der Waals surface area contributed by atoms with Crippen LogP contribution in [-0.2, 0) is 4.79 Å². The molecule has 0 unspecified atom stereocenters. The van der Waals surface area contributed by atoms with Crippen LogP contribution in [-0.4, -0.2) is 12.5 Å². The van der Waals surface area contributed by atoms with Crippen molar-refractivity contribution in [1.82, 2.24) is 0 Å². The molecule has 1 fully saturated rings. The number of rotatable bonds is 1. The topological polar surface area (TPSA) is 20.3 Å². The Labute approximate surface area is 107 Å². The number of carbonyl (C=O) groups is 1. The highest BCUT2D eigenvalue weighted by Gasteiger charge is 2.19. The van der Waals surface area contributed by atoms with E-state index >= 15 is 0 Å². The van der Waals surface area contributed by atoms with Gasteiger partial charge in [-0.3, -0.25) is 4.79 Å². The average Bonchev–Trinajstić information content (AvgIpc) is 2.63. The quantitative estimate of drug-likeness (QED) is 0.742. The molecule has 2 nitrogen and oxygen atoms in total. The van der Waals surface area contributed by atoms with E-state index in [2.05, 4.69) is 24.3 Å². The van der Waals surface area contributed by atoms with E-state index in [1.165, 1.54) is 10.8 Å². The van der Waals surface area contributed by atoms with Gasteiger partial charge in [0.15, 0.2) is 0 Å². The zero-order chi connectivity index (χ0) is 12.4. The minimum absolute atomic E-state index is 0.267. The van der Waals surface area contributed by atoms with Crippen molar-refractivity contribution >= 4 is 22.4 Å². The standard InChI is InChI=1S/C16H17NO/c18-16-11-2-1-5-12-17(16)15-10-6-8-13-7-3-4-9-14(13)15/h3-4,6-10H,1-2,5,11-12H2. The number of carbonyl (C=O) groups excluding carboxylic acids is 1. The van der Waals surface area contributed by atoms with Gasteiger partial charge in [0.2, 0.25) is 5.91 Å². The van der Waals surface area contributed by atoms with E-state index in [0.717, 1.165) is 31.5 Å². The minimum Gasteiger partial charge on any atom is -0.312 e. The third-order valence-corrected chi connectivity index (χ3v) is 3.63. The third-order valence-electron chi connectivity index (χ3n) is 3.63. The molecule has 1 heterocycles. The molecule has 3 rings (SSSR count). The van der Waals surface area contributed by atoms with Crippen LogP contribution in [0.5, 0.6) is 0 Å². The Morgan fingerprint density at radius 1 is 0.889 bits per heavy atom. The highest BCUT2D eigenvalue weighted by atomic mass is 16.2. The van der Waals surface area contributed by atoms with E-state index in [1.54, 1.807) is 0 Å². The van der Waals surface area contributed by atoms with E-state index in [9.17, 15) is 4.79 Å². The summed E-state index contributed by atoms with van der Waals surface area (Å²) in [5.74, 6) is 0.267. The average molecular weight is 239 g/mol. The van der Waals surface area contributed by atoms with Crippen molar-refractivity contribution in [2.45, 2.75) is 25.7 Å². The molecule has 0 aromatic heterocycles. The van der Waals surface area contributed by atoms with Crippen LogP contribution in [0.1, 0.15) is 25.7 Å². The lowest BCUT2D eigenvalue weighted by Crippen LogP contribution is -2.30. The number of hydrogen-bond donors (Lipinski definition) is 0. The smallest absolute Gasteiger partial charge is 0.226 e. The molecule has 18 heavy (non-hydrogen) atoms. The lowest BCUT2D eigenvalue weighted by molar-refractivity contribution is -0.118. The molecule has 1 aliphatic heterocycles. The van der Waals surface area contributed by atoms with E-state index in [1.807, 2.05) is 23.1 Å². The van der Waals surface area contributed by atoms with Crippen LogP contribution < -0.4 is 4.90 Å². The van der Waals surface area contributed by atoms with Crippen molar-refractivity contribution in [3.8, 4) is 0 Å². The summed E-state index contributed by atoms with van der Waals surface area (Å²) >= 11 is 0. The van der Waals surface area contributed by atoms with Crippen molar-refractivity contribution < 1.29 is 4.79 Å². The van der Waals surface area contributed by atoms with Gasteiger partial charge in [-0.1, -0.05) is 42.8 Å². The Morgan fingerprint density at radius 2 is 1.72 bits per heavy atom. The molecule has 0 atom stereocenters. The van der Waals surface area contributed by atoms with Crippen molar-refractivity contribution in [2.24, 2.45) is 0 Å². The van der Waals surface area contributed by atoms with Gasteiger partial charge in [-0.25, -0.2) is 0 Å². The molecule has 0 N–H and O–H groups in total. The summed E-state index contributed by atoms with van der Waals surface area (Å²) < 4.78 is 0. The Kier molecular flexibility index (Phi) is 3.01. The fourth-order valence-electron chi connectivity index (χ4n) is 2.68. The van der Waals surface area contributed by atoms with Crippen LogP contribution in [0.2, 0.25) is 0 Å². The molecule has 0 radical (unpaired) electrons. The first-order valence-electron chi connectivity index (χ1n) is 6.64. The van der Waals surface area contributed by atoms with Gasteiger partial charge in [0.1, 0.15) is 0 Å². The highest BCUT2D eigenvalue weighted by molar-refractivity contribution is 6.03. The number of fused-ring (bicyclic) bond motifs is 1. The summed E-state index contributed by atoms with van der Waals surface area (Å²) in [4.78, 5) is 14.2. The molecule has 1 aliphatic rings. The second-order valence-corrected chi connectivity index (χ2v) is 4.85. The highest BCUT2D eigenvalue weighted by Crippen LogP contribution is 2.28. The second-order valence-electron chi connectivity index (χ2n) is 4.85. The first kappa shape index (κ1) is 11.3. The summed E-state index contributed by atoms with van der Waals surface area (Å²) in [5, 5.41) is 2.38. The van der Waals surface area contributed by atoms with E-state index in [-0.39, 0.29) is 5.91 Å². The van der Waals surface area contributed by atoms with Gasteiger partial charge in [0.25, 0.3) is 0 Å². The Morgan fingerprint density at radius 3 is 2.67 bits per heavy atom. The number of amides is 1. The summed E-state index contributed by atoms with van der Waals surface area (Å²) in [6.45, 7) is 0.854. The van der Waals surface area contributed by atoms with Gasteiger partial charge in [-0.05, 0) is 24.3 Å². The maximum atomic E-state index is 12.2. The molecule has 2 heteroatoms. The number of nitrogens with zero attached hydrogens (tertiary/aromatic N) is 1. The van der Waals surface area contributed by atoms with Crippen LogP contribution in [0.15, 0.2) is 42.5 Å². The summed E-state index contributed by atoms with van der Waals surface area (Å²) in [7, 11) is 0. The van der Waals surface area contributed by atoms with Crippen molar-refractivity contribution in [3.05, 3.63) is 42.5 Å². The van der Waals surface area contributed by atoms with E-state index < -0.39 is 0 Å². The molecule has 2 aromatic rings. The third kappa shape index (κ3) is 1.99. The van der Waals surface area contributed by atoms with Crippen molar-refractivity contribution in [1.29, 1.82) is 0 Å². The van der Waals surface area contributed by atoms with Gasteiger partial charge < -0.3 is 4.90 Å². The first-order chi connectivity index (χ1) is 8.86. The van der Waals surface area contributed by atoms with Crippen LogP contribution in [0, 0.1) is 0 Å². The van der Waals surface area contributed by atoms with Gasteiger partial charge in [-0.2, -0.15) is 0 Å². The Bertz CT molecular complexity index is 571. The number of hydrogen-bond acceptors (Lipinski definition) is 1. The summed E-state index contributed by atoms with van der Waals surface area (Å²) in [5.41, 5.74) is 1.07. The molecule has 0 saturated carbocycles. The lowest BCUT2D eigenvalue weighted by Gasteiger charge is -2.22. The van der Waals surface area contributed by atoms with Gasteiger partial charge in [0.05, 0.1) is 5.69 Å². The maximum Gasteiger partial charge on any atom is 0.226 e. The van der Waals surface area contributed by atoms with Crippen molar-refractivity contribution in [2.75, 3.05) is 11.4 Å². The Hall–Kier alpha value is -1.83. The first-order valence-corrected chi connectivity index (χ1v) is 6.64. The molecule has 0 aliphatic carbocycles. The Balaban J connectivity index is 2.10. The summed E-state index contributed by atoms with van der Waals surface area (Å²) in [6, 6.07) is 14.5. The van der Waals surface area contributed by atoms with Crippen LogP contribution in [0.25, 0.3) is 10.8 Å². The molecular weight excluding hydrogens is 222 g/mol. The molecular formula is C16H17NO. The monoisotopic (exact) mass is 239 g/mol. The molecule has 1 saturated heterocycles. The maximum absolute atomic E-state index is 12.2. The molecule has 0 spiro atoms. The van der Waals surface area contributed by atoms with Crippen molar-refractivity contribution in [3.63, 3.8) is 0 Å².